The van der Waals surface area contributed by atoms with Gasteiger partial charge in [-0.3, -0.25) is 0 Å². The Morgan fingerprint density at radius 3 is 2.60 bits per heavy atom. The quantitative estimate of drug-likeness (QED) is 0.623. The topological polar surface area (TPSA) is 0 Å². The molecule has 1 aromatic heterocycles. The molecule has 0 bridgehead atoms. The van der Waals surface area contributed by atoms with E-state index in [1.165, 1.54) is 15.3 Å². The molecule has 15 heavy (non-hydrogen) atoms. The summed E-state index contributed by atoms with van der Waals surface area (Å²) in [5.41, 5.74) is 1.31. The molecule has 0 radical (unpaired) electrons. The summed E-state index contributed by atoms with van der Waals surface area (Å²) in [5.74, 6) is 0.625. The first-order valence-corrected chi connectivity index (χ1v) is 6.03. The summed E-state index contributed by atoms with van der Waals surface area (Å²) in [7, 11) is 0. The number of allylic oxidation sites excluding steroid dienone is 5. The maximum absolute atomic E-state index is 3.64. The Bertz CT molecular complexity index is 378. The molecule has 0 amide bonds. The molecule has 1 heterocycles. The molecule has 0 fully saturated rings. The standard InChI is InChI=1S/C14H18S/c1-5-6-7-8-12(4)14-10-9-13(15-14)11(2)3/h5-11H,1H2,2-4H3/b7-6-,12-8+. The monoisotopic (exact) mass is 218 g/mol. The summed E-state index contributed by atoms with van der Waals surface area (Å²) < 4.78 is 0. The molecule has 80 valence electrons. The molecule has 0 atom stereocenters. The summed E-state index contributed by atoms with van der Waals surface area (Å²) in [6, 6.07) is 4.42. The van der Waals surface area contributed by atoms with Crippen LogP contribution in [0.5, 0.6) is 0 Å². The highest BCUT2D eigenvalue weighted by Crippen LogP contribution is 2.28. The van der Waals surface area contributed by atoms with Crippen LogP contribution in [0.15, 0.2) is 43.0 Å². The summed E-state index contributed by atoms with van der Waals surface area (Å²) >= 11 is 1.88. The highest BCUT2D eigenvalue weighted by Gasteiger charge is 2.04. The minimum Gasteiger partial charge on any atom is -0.140 e. The smallest absolute Gasteiger partial charge is 0.0302 e. The SMILES string of the molecule is C=C/C=C\C=C(/C)c1ccc(C(C)C)s1. The van der Waals surface area contributed by atoms with E-state index in [1.807, 2.05) is 23.5 Å². The molecule has 0 saturated carbocycles. The zero-order valence-electron chi connectivity index (χ0n) is 9.66. The largest absolute Gasteiger partial charge is 0.140 e. The van der Waals surface area contributed by atoms with Gasteiger partial charge in [-0.1, -0.05) is 44.7 Å². The van der Waals surface area contributed by atoms with E-state index in [4.69, 9.17) is 0 Å². The average Bonchev–Trinajstić information content (AvgIpc) is 2.66. The Hall–Kier alpha value is -1.08. The molecule has 0 nitrogen and oxygen atoms in total. The van der Waals surface area contributed by atoms with Gasteiger partial charge >= 0.3 is 0 Å². The minimum atomic E-state index is 0.625. The zero-order valence-corrected chi connectivity index (χ0v) is 10.5. The van der Waals surface area contributed by atoms with Crippen molar-refractivity contribution in [2.24, 2.45) is 0 Å². The molecule has 0 saturated heterocycles. The van der Waals surface area contributed by atoms with E-state index in [9.17, 15) is 0 Å². The number of hydrogen-bond acceptors (Lipinski definition) is 1. The van der Waals surface area contributed by atoms with E-state index in [0.29, 0.717) is 5.92 Å². The van der Waals surface area contributed by atoms with Crippen LogP contribution in [0.1, 0.15) is 36.4 Å². The molecule has 1 aromatic rings. The summed E-state index contributed by atoms with van der Waals surface area (Å²) in [6.07, 6.45) is 7.88. The highest BCUT2D eigenvalue weighted by atomic mass is 32.1. The van der Waals surface area contributed by atoms with Crippen LogP contribution in [-0.2, 0) is 0 Å². The maximum atomic E-state index is 3.64. The number of hydrogen-bond donors (Lipinski definition) is 0. The van der Waals surface area contributed by atoms with Gasteiger partial charge in [-0.15, -0.1) is 11.3 Å². The van der Waals surface area contributed by atoms with E-state index in [0.717, 1.165) is 0 Å². The Morgan fingerprint density at radius 2 is 2.07 bits per heavy atom. The molecule has 0 aliphatic rings. The first-order chi connectivity index (χ1) is 7.15. The van der Waals surface area contributed by atoms with E-state index >= 15 is 0 Å². The number of thiophene rings is 1. The molecule has 1 heteroatoms. The molecular formula is C14H18S. The van der Waals surface area contributed by atoms with E-state index in [2.05, 4.69) is 45.6 Å². The van der Waals surface area contributed by atoms with E-state index < -0.39 is 0 Å². The van der Waals surface area contributed by atoms with Crippen molar-refractivity contribution in [2.45, 2.75) is 26.7 Å². The molecule has 0 N–H and O–H groups in total. The lowest BCUT2D eigenvalue weighted by Crippen LogP contribution is -1.77. The first-order valence-electron chi connectivity index (χ1n) is 5.21. The van der Waals surface area contributed by atoms with Crippen LogP contribution in [0.3, 0.4) is 0 Å². The Kier molecular flexibility index (Phi) is 4.57. The summed E-state index contributed by atoms with van der Waals surface area (Å²) in [4.78, 5) is 2.80. The average molecular weight is 218 g/mol. The lowest BCUT2D eigenvalue weighted by atomic mass is 10.2. The van der Waals surface area contributed by atoms with Gasteiger partial charge in [0.15, 0.2) is 0 Å². The first kappa shape index (κ1) is 12.0. The van der Waals surface area contributed by atoms with Gasteiger partial charge < -0.3 is 0 Å². The maximum Gasteiger partial charge on any atom is 0.0302 e. The molecule has 1 rings (SSSR count). The normalized spacial score (nSPS) is 12.7. The summed E-state index contributed by atoms with van der Waals surface area (Å²) in [5, 5.41) is 0. The Labute approximate surface area is 96.7 Å². The molecule has 0 aliphatic heterocycles. The van der Waals surface area contributed by atoms with Crippen LogP contribution in [0, 0.1) is 0 Å². The molecule has 0 spiro atoms. The summed E-state index contributed by atoms with van der Waals surface area (Å²) in [6.45, 7) is 10.2. The zero-order chi connectivity index (χ0) is 11.3. The van der Waals surface area contributed by atoms with Gasteiger partial charge in [0.05, 0.1) is 0 Å². The van der Waals surface area contributed by atoms with Gasteiger partial charge in [0.25, 0.3) is 0 Å². The van der Waals surface area contributed by atoms with Crippen molar-refractivity contribution in [1.29, 1.82) is 0 Å². The van der Waals surface area contributed by atoms with E-state index in [-0.39, 0.29) is 0 Å². The minimum absolute atomic E-state index is 0.625. The molecular weight excluding hydrogens is 200 g/mol. The van der Waals surface area contributed by atoms with Crippen molar-refractivity contribution in [3.05, 3.63) is 52.8 Å². The molecule has 0 aliphatic carbocycles. The van der Waals surface area contributed by atoms with Crippen molar-refractivity contribution in [1.82, 2.24) is 0 Å². The Morgan fingerprint density at radius 1 is 1.33 bits per heavy atom. The molecule has 0 unspecified atom stereocenters. The second-order valence-corrected chi connectivity index (χ2v) is 4.94. The molecule has 0 aromatic carbocycles. The third-order valence-corrected chi connectivity index (χ3v) is 3.70. The fraction of sp³-hybridized carbons (Fsp3) is 0.286. The van der Waals surface area contributed by atoms with Crippen molar-refractivity contribution in [3.8, 4) is 0 Å². The fourth-order valence-electron chi connectivity index (χ4n) is 1.24. The lowest BCUT2D eigenvalue weighted by Gasteiger charge is -1.98. The Balaban J connectivity index is 2.82. The van der Waals surface area contributed by atoms with Crippen molar-refractivity contribution < 1.29 is 0 Å². The van der Waals surface area contributed by atoms with Crippen molar-refractivity contribution in [3.63, 3.8) is 0 Å². The number of rotatable bonds is 4. The van der Waals surface area contributed by atoms with Crippen LogP contribution < -0.4 is 0 Å². The second-order valence-electron chi connectivity index (χ2n) is 3.83. The van der Waals surface area contributed by atoms with Gasteiger partial charge in [0, 0.05) is 9.75 Å². The predicted molar refractivity (Wildman–Crippen MR) is 71.4 cm³/mol. The van der Waals surface area contributed by atoms with Gasteiger partial charge in [0.2, 0.25) is 0 Å². The highest BCUT2D eigenvalue weighted by molar-refractivity contribution is 7.13. The van der Waals surface area contributed by atoms with Crippen LogP contribution in [0.25, 0.3) is 5.57 Å². The fourth-order valence-corrected chi connectivity index (χ4v) is 2.23. The van der Waals surface area contributed by atoms with Gasteiger partial charge in [0.1, 0.15) is 0 Å². The van der Waals surface area contributed by atoms with Gasteiger partial charge in [-0.05, 0) is 30.5 Å². The van der Waals surface area contributed by atoms with Crippen LogP contribution in [0.4, 0.5) is 0 Å². The second kappa shape index (κ2) is 5.72. The lowest BCUT2D eigenvalue weighted by molar-refractivity contribution is 0.890. The third kappa shape index (κ3) is 3.52. The van der Waals surface area contributed by atoms with E-state index in [1.54, 1.807) is 6.08 Å². The van der Waals surface area contributed by atoms with Crippen molar-refractivity contribution in [2.75, 3.05) is 0 Å². The van der Waals surface area contributed by atoms with Crippen molar-refractivity contribution >= 4 is 16.9 Å². The van der Waals surface area contributed by atoms with Crippen LogP contribution >= 0.6 is 11.3 Å². The van der Waals surface area contributed by atoms with Crippen LogP contribution in [-0.4, -0.2) is 0 Å². The van der Waals surface area contributed by atoms with Gasteiger partial charge in [-0.2, -0.15) is 0 Å². The predicted octanol–water partition coefficient (Wildman–Crippen LogP) is 5.02. The van der Waals surface area contributed by atoms with Gasteiger partial charge in [-0.25, -0.2) is 0 Å². The van der Waals surface area contributed by atoms with Crippen LogP contribution in [0.2, 0.25) is 0 Å². The third-order valence-electron chi connectivity index (χ3n) is 2.18.